The van der Waals surface area contributed by atoms with E-state index in [0.29, 0.717) is 5.56 Å². The molecule has 0 aliphatic carbocycles. The van der Waals surface area contributed by atoms with Crippen molar-refractivity contribution in [1.29, 1.82) is 5.26 Å². The highest BCUT2D eigenvalue weighted by Crippen LogP contribution is 2.30. The normalized spacial score (nSPS) is 41.1. The van der Waals surface area contributed by atoms with Gasteiger partial charge in [-0.05, 0) is 12.0 Å². The summed E-state index contributed by atoms with van der Waals surface area (Å²) < 4.78 is 16.4. The fourth-order valence-electron chi connectivity index (χ4n) is 3.94. The predicted octanol–water partition coefficient (Wildman–Crippen LogP) is -2.65. The molecule has 2 saturated heterocycles. The van der Waals surface area contributed by atoms with Gasteiger partial charge < -0.3 is 50.0 Å². The van der Waals surface area contributed by atoms with Gasteiger partial charge >= 0.3 is 0 Å². The first-order valence-corrected chi connectivity index (χ1v) is 10.3. The first-order chi connectivity index (χ1) is 15.3. The van der Waals surface area contributed by atoms with Crippen LogP contribution in [-0.4, -0.2) is 110 Å². The van der Waals surface area contributed by atoms with E-state index in [4.69, 9.17) is 14.2 Å². The van der Waals surface area contributed by atoms with Gasteiger partial charge in [-0.2, -0.15) is 5.26 Å². The van der Waals surface area contributed by atoms with Crippen molar-refractivity contribution in [2.45, 2.75) is 73.6 Å². The minimum Gasteiger partial charge on any atom is -0.394 e. The van der Waals surface area contributed by atoms with Crippen molar-refractivity contribution in [3.63, 3.8) is 0 Å². The Bertz CT molecular complexity index is 759. The number of nitrogens with zero attached hydrogens (tertiary/aromatic N) is 1. The van der Waals surface area contributed by atoms with Crippen LogP contribution in [0, 0.1) is 11.3 Å². The van der Waals surface area contributed by atoms with E-state index in [9.17, 15) is 41.0 Å². The Morgan fingerprint density at radius 3 is 2.03 bits per heavy atom. The van der Waals surface area contributed by atoms with E-state index in [-0.39, 0.29) is 6.42 Å². The number of hydrogen-bond acceptors (Lipinski definition) is 11. The fourth-order valence-corrected chi connectivity index (χ4v) is 3.94. The second kappa shape index (κ2) is 11.0. The van der Waals surface area contributed by atoms with Gasteiger partial charge in [0.25, 0.3) is 0 Å². The molecule has 0 radical (unpaired) electrons. The quantitative estimate of drug-likeness (QED) is 0.227. The molecule has 178 valence electrons. The number of aliphatic hydroxyl groups is 7. The molecule has 0 amide bonds. The van der Waals surface area contributed by atoms with E-state index in [0.717, 1.165) is 0 Å². The zero-order valence-electron chi connectivity index (χ0n) is 17.2. The minimum atomic E-state index is -1.64. The Morgan fingerprint density at radius 1 is 0.812 bits per heavy atom. The number of rotatable bonds is 7. The van der Waals surface area contributed by atoms with Gasteiger partial charge in [-0.25, -0.2) is 0 Å². The Hall–Kier alpha value is -1.69. The van der Waals surface area contributed by atoms with Crippen molar-refractivity contribution < 1.29 is 50.0 Å². The maximum absolute atomic E-state index is 10.4. The molecule has 11 heteroatoms. The standard InChI is InChI=1S/C21H29NO10/c22-7-11(10-4-2-1-3-5-10)6-12-15(24)18(27)17(26)14(31-12)9-30-21-20(29)19(28)16(25)13(8-23)32-21/h1-5,11-21,23-29H,6,8-9H2/t11-,12-,13+,14+,15+,16+,17+,18+,19-,20-,21+/m0/s1. The van der Waals surface area contributed by atoms with Crippen molar-refractivity contribution in [1.82, 2.24) is 0 Å². The van der Waals surface area contributed by atoms with Crippen molar-refractivity contribution in [2.24, 2.45) is 0 Å². The molecule has 11 nitrogen and oxygen atoms in total. The third-order valence-electron chi connectivity index (χ3n) is 5.91. The van der Waals surface area contributed by atoms with Gasteiger partial charge in [-0.1, -0.05) is 30.3 Å². The highest BCUT2D eigenvalue weighted by molar-refractivity contribution is 5.25. The lowest BCUT2D eigenvalue weighted by molar-refractivity contribution is -0.314. The van der Waals surface area contributed by atoms with Gasteiger partial charge in [-0.15, -0.1) is 0 Å². The number of nitriles is 1. The molecule has 0 saturated carbocycles. The van der Waals surface area contributed by atoms with E-state index < -0.39 is 80.4 Å². The Balaban J connectivity index is 1.65. The number of hydrogen-bond donors (Lipinski definition) is 7. The molecule has 2 aliphatic heterocycles. The first kappa shape index (κ1) is 24.9. The molecule has 0 bridgehead atoms. The lowest BCUT2D eigenvalue weighted by Crippen LogP contribution is -2.61. The van der Waals surface area contributed by atoms with Crippen LogP contribution in [0.3, 0.4) is 0 Å². The molecule has 0 unspecified atom stereocenters. The number of benzene rings is 1. The van der Waals surface area contributed by atoms with Crippen LogP contribution in [0.2, 0.25) is 0 Å². The lowest BCUT2D eigenvalue weighted by atomic mass is 9.87. The average molecular weight is 455 g/mol. The molecule has 2 fully saturated rings. The summed E-state index contributed by atoms with van der Waals surface area (Å²) in [4.78, 5) is 0. The summed E-state index contributed by atoms with van der Waals surface area (Å²) in [6.45, 7) is -1.04. The molecular weight excluding hydrogens is 426 g/mol. The maximum Gasteiger partial charge on any atom is 0.186 e. The first-order valence-electron chi connectivity index (χ1n) is 10.3. The third kappa shape index (κ3) is 5.27. The summed E-state index contributed by atoms with van der Waals surface area (Å²) in [6, 6.07) is 11.0. The lowest BCUT2D eigenvalue weighted by Gasteiger charge is -2.43. The molecule has 2 heterocycles. The molecule has 32 heavy (non-hydrogen) atoms. The van der Waals surface area contributed by atoms with Gasteiger partial charge in [0.05, 0.1) is 31.3 Å². The van der Waals surface area contributed by atoms with Gasteiger partial charge in [0.2, 0.25) is 0 Å². The maximum atomic E-state index is 10.4. The summed E-state index contributed by atoms with van der Waals surface area (Å²) in [5.41, 5.74) is 0.709. The van der Waals surface area contributed by atoms with Gasteiger partial charge in [0, 0.05) is 0 Å². The van der Waals surface area contributed by atoms with Crippen molar-refractivity contribution in [2.75, 3.05) is 13.2 Å². The van der Waals surface area contributed by atoms with Crippen LogP contribution in [-0.2, 0) is 14.2 Å². The van der Waals surface area contributed by atoms with Crippen molar-refractivity contribution >= 4 is 0 Å². The topological polar surface area (TPSA) is 193 Å². The summed E-state index contributed by atoms with van der Waals surface area (Å²) in [5.74, 6) is -0.634. The molecule has 1 aromatic carbocycles. The Morgan fingerprint density at radius 2 is 1.41 bits per heavy atom. The molecular formula is C21H29NO10. The third-order valence-corrected chi connectivity index (χ3v) is 5.91. The minimum absolute atomic E-state index is 0.0437. The monoisotopic (exact) mass is 455 g/mol. The molecule has 1 aromatic rings. The summed E-state index contributed by atoms with van der Waals surface area (Å²) in [7, 11) is 0. The van der Waals surface area contributed by atoms with Crippen LogP contribution >= 0.6 is 0 Å². The van der Waals surface area contributed by atoms with E-state index in [1.807, 2.05) is 0 Å². The molecule has 0 spiro atoms. The Labute approximate surface area is 184 Å². The highest BCUT2D eigenvalue weighted by atomic mass is 16.7. The van der Waals surface area contributed by atoms with Crippen LogP contribution in [0.25, 0.3) is 0 Å². The van der Waals surface area contributed by atoms with Crippen LogP contribution in [0.15, 0.2) is 30.3 Å². The average Bonchev–Trinajstić information content (AvgIpc) is 2.81. The molecule has 0 aromatic heterocycles. The largest absolute Gasteiger partial charge is 0.394 e. The van der Waals surface area contributed by atoms with Crippen molar-refractivity contribution in [3.05, 3.63) is 35.9 Å². The van der Waals surface area contributed by atoms with E-state index in [1.165, 1.54) is 0 Å². The van der Waals surface area contributed by atoms with Crippen LogP contribution in [0.4, 0.5) is 0 Å². The fraction of sp³-hybridized carbons (Fsp3) is 0.667. The summed E-state index contributed by atoms with van der Waals surface area (Å²) in [6.07, 6.45) is -14.1. The predicted molar refractivity (Wildman–Crippen MR) is 106 cm³/mol. The second-order valence-electron chi connectivity index (χ2n) is 8.04. The van der Waals surface area contributed by atoms with Crippen LogP contribution < -0.4 is 0 Å². The smallest absolute Gasteiger partial charge is 0.186 e. The van der Waals surface area contributed by atoms with Gasteiger partial charge in [0.1, 0.15) is 48.8 Å². The summed E-state index contributed by atoms with van der Waals surface area (Å²) in [5, 5.41) is 79.5. The molecule has 11 atom stereocenters. The highest BCUT2D eigenvalue weighted by Gasteiger charge is 2.47. The van der Waals surface area contributed by atoms with Crippen LogP contribution in [0.5, 0.6) is 0 Å². The number of aliphatic hydroxyl groups excluding tert-OH is 7. The van der Waals surface area contributed by atoms with E-state index >= 15 is 0 Å². The SMILES string of the molecule is N#C[C@H](C[C@@H]1O[C@H](CO[C@@H]2O[C@H](CO)[C@@H](O)[C@H](O)[C@@H]2O)[C@@H](O)[C@H](O)[C@@H]1O)c1ccccc1. The van der Waals surface area contributed by atoms with Crippen molar-refractivity contribution in [3.8, 4) is 6.07 Å². The second-order valence-corrected chi connectivity index (χ2v) is 8.04. The number of ether oxygens (including phenoxy) is 3. The van der Waals surface area contributed by atoms with E-state index in [1.54, 1.807) is 30.3 Å². The van der Waals surface area contributed by atoms with Gasteiger partial charge in [0.15, 0.2) is 6.29 Å². The summed E-state index contributed by atoms with van der Waals surface area (Å²) >= 11 is 0. The van der Waals surface area contributed by atoms with E-state index in [2.05, 4.69) is 6.07 Å². The van der Waals surface area contributed by atoms with Gasteiger partial charge in [-0.3, -0.25) is 0 Å². The Kier molecular flexibility index (Phi) is 8.54. The zero-order valence-corrected chi connectivity index (χ0v) is 17.2. The zero-order chi connectivity index (χ0) is 23.4. The molecule has 3 rings (SSSR count). The molecule has 2 aliphatic rings. The molecule has 7 N–H and O–H groups in total. The van der Waals surface area contributed by atoms with Crippen LogP contribution in [0.1, 0.15) is 17.9 Å².